The van der Waals surface area contributed by atoms with Gasteiger partial charge in [0.1, 0.15) is 5.82 Å². The fourth-order valence-electron chi connectivity index (χ4n) is 2.91. The molecule has 0 aliphatic heterocycles. The molecule has 3 rings (SSSR count). The Bertz CT molecular complexity index is 871. The van der Waals surface area contributed by atoms with Crippen molar-refractivity contribution in [1.29, 1.82) is 0 Å². The summed E-state index contributed by atoms with van der Waals surface area (Å²) in [6.45, 7) is 5.57. The molecule has 3 aromatic rings. The first-order valence-corrected chi connectivity index (χ1v) is 8.47. The molecule has 4 nitrogen and oxygen atoms in total. The predicted octanol–water partition coefficient (Wildman–Crippen LogP) is 3.66. The van der Waals surface area contributed by atoms with Crippen LogP contribution in [-0.2, 0) is 13.1 Å². The molecule has 0 aliphatic carbocycles. The molecule has 0 bridgehead atoms. The van der Waals surface area contributed by atoms with Gasteiger partial charge in [0, 0.05) is 13.1 Å². The molecule has 0 saturated heterocycles. The third-order valence-corrected chi connectivity index (χ3v) is 4.18. The molecular weight excluding hydrogens is 298 g/mol. The van der Waals surface area contributed by atoms with Crippen LogP contribution in [0.2, 0.25) is 0 Å². The Morgan fingerprint density at radius 1 is 1.08 bits per heavy atom. The quantitative estimate of drug-likeness (QED) is 0.754. The molecule has 0 unspecified atom stereocenters. The van der Waals surface area contributed by atoms with E-state index in [9.17, 15) is 4.79 Å². The maximum absolute atomic E-state index is 12.8. The molecule has 0 aliphatic rings. The molecule has 0 radical (unpaired) electrons. The Labute approximate surface area is 142 Å². The standard InChI is InChI=1S/C20H23N3O/c1-3-13-23-19(15(2)21-14-16-9-5-4-6-10-16)22-18-12-8-7-11-17(18)20(23)24/h4-12,15,21H,3,13-14H2,1-2H3/t15-/m0/s1. The third-order valence-electron chi connectivity index (χ3n) is 4.18. The number of benzene rings is 2. The number of hydrogen-bond donors (Lipinski definition) is 1. The largest absolute Gasteiger partial charge is 0.303 e. The van der Waals surface area contributed by atoms with Crippen molar-refractivity contribution < 1.29 is 0 Å². The second-order valence-electron chi connectivity index (χ2n) is 6.03. The lowest BCUT2D eigenvalue weighted by atomic mass is 10.2. The number of fused-ring (bicyclic) bond motifs is 1. The molecule has 24 heavy (non-hydrogen) atoms. The molecule has 124 valence electrons. The average Bonchev–Trinajstić information content (AvgIpc) is 2.63. The number of nitrogens with zero attached hydrogens (tertiary/aromatic N) is 2. The van der Waals surface area contributed by atoms with Crippen molar-refractivity contribution in [2.75, 3.05) is 0 Å². The van der Waals surface area contributed by atoms with Crippen LogP contribution in [0.15, 0.2) is 59.4 Å². The first-order chi connectivity index (χ1) is 11.7. The minimum atomic E-state index is -0.00550. The minimum absolute atomic E-state index is 0.00550. The molecule has 4 heteroatoms. The maximum Gasteiger partial charge on any atom is 0.261 e. The maximum atomic E-state index is 12.8. The van der Waals surface area contributed by atoms with Gasteiger partial charge in [-0.05, 0) is 31.0 Å². The second-order valence-corrected chi connectivity index (χ2v) is 6.03. The van der Waals surface area contributed by atoms with E-state index >= 15 is 0 Å². The number of nitrogens with one attached hydrogen (secondary N) is 1. The number of hydrogen-bond acceptors (Lipinski definition) is 3. The van der Waals surface area contributed by atoms with E-state index in [4.69, 9.17) is 4.98 Å². The van der Waals surface area contributed by atoms with Crippen LogP contribution < -0.4 is 10.9 Å². The zero-order valence-electron chi connectivity index (χ0n) is 14.2. The lowest BCUT2D eigenvalue weighted by molar-refractivity contribution is 0.493. The molecule has 1 heterocycles. The van der Waals surface area contributed by atoms with Gasteiger partial charge in [0.25, 0.3) is 5.56 Å². The van der Waals surface area contributed by atoms with E-state index in [2.05, 4.69) is 31.3 Å². The molecule has 2 aromatic carbocycles. The Morgan fingerprint density at radius 2 is 1.79 bits per heavy atom. The highest BCUT2D eigenvalue weighted by molar-refractivity contribution is 5.77. The normalized spacial score (nSPS) is 12.4. The van der Waals surface area contributed by atoms with E-state index in [1.54, 1.807) is 0 Å². The van der Waals surface area contributed by atoms with Gasteiger partial charge in [-0.2, -0.15) is 0 Å². The van der Waals surface area contributed by atoms with Crippen molar-refractivity contribution in [2.45, 2.75) is 39.4 Å². The Kier molecular flexibility index (Phi) is 5.06. The van der Waals surface area contributed by atoms with E-state index in [1.807, 2.05) is 47.0 Å². The smallest absolute Gasteiger partial charge is 0.261 e. The van der Waals surface area contributed by atoms with Crippen LogP contribution in [0.1, 0.15) is 37.7 Å². The topological polar surface area (TPSA) is 46.9 Å². The van der Waals surface area contributed by atoms with Crippen LogP contribution in [0, 0.1) is 0 Å². The van der Waals surface area contributed by atoms with Gasteiger partial charge >= 0.3 is 0 Å². The SMILES string of the molecule is CCCn1c([C@H](C)NCc2ccccc2)nc2ccccc2c1=O. The van der Waals surface area contributed by atoms with Crippen LogP contribution in [0.3, 0.4) is 0 Å². The summed E-state index contributed by atoms with van der Waals surface area (Å²) in [4.78, 5) is 17.6. The van der Waals surface area contributed by atoms with Crippen molar-refractivity contribution in [3.8, 4) is 0 Å². The summed E-state index contributed by atoms with van der Waals surface area (Å²) in [6.07, 6.45) is 0.901. The Morgan fingerprint density at radius 3 is 2.54 bits per heavy atom. The van der Waals surface area contributed by atoms with Crippen LogP contribution in [-0.4, -0.2) is 9.55 Å². The predicted molar refractivity (Wildman–Crippen MR) is 98.0 cm³/mol. The summed E-state index contributed by atoms with van der Waals surface area (Å²) >= 11 is 0. The number of rotatable bonds is 6. The lowest BCUT2D eigenvalue weighted by Crippen LogP contribution is -2.31. The summed E-state index contributed by atoms with van der Waals surface area (Å²) in [7, 11) is 0. The van der Waals surface area contributed by atoms with Crippen molar-refractivity contribution in [3.05, 3.63) is 76.3 Å². The van der Waals surface area contributed by atoms with Crippen LogP contribution in [0.25, 0.3) is 10.9 Å². The van der Waals surface area contributed by atoms with Gasteiger partial charge in [-0.1, -0.05) is 49.4 Å². The van der Waals surface area contributed by atoms with Gasteiger partial charge in [-0.3, -0.25) is 9.36 Å². The zero-order valence-corrected chi connectivity index (χ0v) is 14.2. The summed E-state index contributed by atoms with van der Waals surface area (Å²) in [5.41, 5.74) is 2.03. The highest BCUT2D eigenvalue weighted by Crippen LogP contribution is 2.15. The summed E-state index contributed by atoms with van der Waals surface area (Å²) in [5, 5.41) is 4.17. The molecule has 1 aromatic heterocycles. The van der Waals surface area contributed by atoms with Crippen molar-refractivity contribution in [2.24, 2.45) is 0 Å². The van der Waals surface area contributed by atoms with Crippen molar-refractivity contribution >= 4 is 10.9 Å². The van der Waals surface area contributed by atoms with Crippen molar-refractivity contribution in [3.63, 3.8) is 0 Å². The molecular formula is C20H23N3O. The summed E-state index contributed by atoms with van der Waals surface area (Å²) in [6, 6.07) is 17.8. The van der Waals surface area contributed by atoms with Crippen molar-refractivity contribution in [1.82, 2.24) is 14.9 Å². The molecule has 0 amide bonds. The fourth-order valence-corrected chi connectivity index (χ4v) is 2.91. The molecule has 0 fully saturated rings. The van der Waals surface area contributed by atoms with Gasteiger partial charge in [-0.25, -0.2) is 4.98 Å². The molecule has 0 spiro atoms. The number of para-hydroxylation sites is 1. The van der Waals surface area contributed by atoms with Crippen LogP contribution in [0.4, 0.5) is 0 Å². The first-order valence-electron chi connectivity index (χ1n) is 8.47. The van der Waals surface area contributed by atoms with Gasteiger partial charge < -0.3 is 5.32 Å². The molecule has 0 saturated carbocycles. The fraction of sp³-hybridized carbons (Fsp3) is 0.300. The number of aromatic nitrogens is 2. The summed E-state index contributed by atoms with van der Waals surface area (Å²) in [5.74, 6) is 0.802. The highest BCUT2D eigenvalue weighted by atomic mass is 16.1. The van der Waals surface area contributed by atoms with Gasteiger partial charge in [-0.15, -0.1) is 0 Å². The highest BCUT2D eigenvalue weighted by Gasteiger charge is 2.15. The lowest BCUT2D eigenvalue weighted by Gasteiger charge is -2.19. The van der Waals surface area contributed by atoms with Crippen LogP contribution >= 0.6 is 0 Å². The van der Waals surface area contributed by atoms with Gasteiger partial charge in [0.05, 0.1) is 16.9 Å². The van der Waals surface area contributed by atoms with E-state index in [-0.39, 0.29) is 11.6 Å². The zero-order chi connectivity index (χ0) is 16.9. The molecule has 1 atom stereocenters. The van der Waals surface area contributed by atoms with Crippen LogP contribution in [0.5, 0.6) is 0 Å². The van der Waals surface area contributed by atoms with E-state index in [0.717, 1.165) is 24.3 Å². The second kappa shape index (κ2) is 7.41. The Hall–Kier alpha value is -2.46. The summed E-state index contributed by atoms with van der Waals surface area (Å²) < 4.78 is 1.81. The van der Waals surface area contributed by atoms with Gasteiger partial charge in [0.2, 0.25) is 0 Å². The van der Waals surface area contributed by atoms with E-state index < -0.39 is 0 Å². The first kappa shape index (κ1) is 16.4. The van der Waals surface area contributed by atoms with Gasteiger partial charge in [0.15, 0.2) is 0 Å². The molecule has 1 N–H and O–H groups in total. The monoisotopic (exact) mass is 321 g/mol. The Balaban J connectivity index is 1.94. The van der Waals surface area contributed by atoms with E-state index in [0.29, 0.717) is 11.9 Å². The third kappa shape index (κ3) is 3.39. The van der Waals surface area contributed by atoms with E-state index in [1.165, 1.54) is 5.56 Å². The average molecular weight is 321 g/mol. The minimum Gasteiger partial charge on any atom is -0.303 e.